The first-order valence-corrected chi connectivity index (χ1v) is 8.96. The van der Waals surface area contributed by atoms with Crippen LogP contribution in [0.15, 0.2) is 12.1 Å². The first-order valence-electron chi connectivity index (χ1n) is 8.96. The fourth-order valence-electron chi connectivity index (χ4n) is 4.41. The van der Waals surface area contributed by atoms with Gasteiger partial charge in [-0.25, -0.2) is 0 Å². The third-order valence-corrected chi connectivity index (χ3v) is 5.75. The molecule has 1 aromatic rings. The molecule has 6 heteroatoms. The molecule has 1 aromatic heterocycles. The maximum absolute atomic E-state index is 12.5. The highest BCUT2D eigenvalue weighted by atomic mass is 35.5. The maximum atomic E-state index is 12.5. The summed E-state index contributed by atoms with van der Waals surface area (Å²) < 4.78 is 0. The number of carbonyl (C=O) groups excluding carboxylic acids is 2. The van der Waals surface area contributed by atoms with Crippen molar-refractivity contribution in [3.63, 3.8) is 0 Å². The number of carbonyl (C=O) groups is 2. The Bertz CT molecular complexity index is 636. The molecule has 0 saturated heterocycles. The number of amides is 1. The van der Waals surface area contributed by atoms with E-state index in [1.165, 1.54) is 13.3 Å². The largest absolute Gasteiger partial charge is 0.350 e. The van der Waals surface area contributed by atoms with Crippen LogP contribution in [0.1, 0.15) is 60.8 Å². The smallest absolute Gasteiger partial charge is 0.223 e. The van der Waals surface area contributed by atoms with E-state index >= 15 is 0 Å². The Balaban J connectivity index is 0.00000225. The Morgan fingerprint density at radius 2 is 1.88 bits per heavy atom. The van der Waals surface area contributed by atoms with Crippen LogP contribution < -0.4 is 11.1 Å². The number of aryl methyl sites for hydroxylation is 1. The highest BCUT2D eigenvalue weighted by Crippen LogP contribution is 2.41. The summed E-state index contributed by atoms with van der Waals surface area (Å²) in [4.78, 5) is 28.4. The van der Waals surface area contributed by atoms with Gasteiger partial charge in [0.05, 0.1) is 12.2 Å². The molecule has 0 spiro atoms. The molecule has 2 aliphatic carbocycles. The number of nitrogens with zero attached hydrogens (tertiary/aromatic N) is 1. The molecule has 1 amide bonds. The van der Waals surface area contributed by atoms with Crippen LogP contribution in [0, 0.1) is 24.7 Å². The monoisotopic (exact) mass is 365 g/mol. The third-order valence-electron chi connectivity index (χ3n) is 5.75. The van der Waals surface area contributed by atoms with Crippen LogP contribution in [-0.4, -0.2) is 22.7 Å². The summed E-state index contributed by atoms with van der Waals surface area (Å²) in [5.74, 6) is 1.22. The van der Waals surface area contributed by atoms with E-state index in [0.717, 1.165) is 31.4 Å². The van der Waals surface area contributed by atoms with Crippen molar-refractivity contribution in [3.8, 4) is 0 Å². The van der Waals surface area contributed by atoms with Crippen molar-refractivity contribution < 1.29 is 9.59 Å². The average molecular weight is 366 g/mol. The van der Waals surface area contributed by atoms with Gasteiger partial charge in [-0.3, -0.25) is 14.6 Å². The zero-order chi connectivity index (χ0) is 17.3. The third kappa shape index (κ3) is 4.39. The van der Waals surface area contributed by atoms with Crippen LogP contribution in [0.3, 0.4) is 0 Å². The number of aromatic nitrogens is 1. The van der Waals surface area contributed by atoms with Gasteiger partial charge in [0.25, 0.3) is 0 Å². The van der Waals surface area contributed by atoms with Crippen molar-refractivity contribution in [2.45, 2.75) is 58.5 Å². The van der Waals surface area contributed by atoms with Crippen molar-refractivity contribution in [1.82, 2.24) is 10.3 Å². The lowest BCUT2D eigenvalue weighted by molar-refractivity contribution is -0.128. The Labute approximate surface area is 155 Å². The standard InChI is InChI=1S/C19H27N3O2.ClH/c1-11-17(12(2)23)7-6-16(22-11)10-21-19(24)15-8-13-4-3-5-14(9-15)18(13)20;/h6-7,13-15,18H,3-5,8-10,20H2,1-2H3,(H,21,24);1H. The summed E-state index contributed by atoms with van der Waals surface area (Å²) in [5.41, 5.74) is 8.44. The van der Waals surface area contributed by atoms with Crippen LogP contribution in [0.2, 0.25) is 0 Å². The van der Waals surface area contributed by atoms with Gasteiger partial charge < -0.3 is 11.1 Å². The second-order valence-corrected chi connectivity index (χ2v) is 7.41. The van der Waals surface area contributed by atoms with Crippen molar-refractivity contribution in [2.75, 3.05) is 0 Å². The molecular weight excluding hydrogens is 338 g/mol. The minimum atomic E-state index is 0. The Morgan fingerprint density at radius 3 is 2.44 bits per heavy atom. The number of ketones is 1. The van der Waals surface area contributed by atoms with Crippen LogP contribution in [0.25, 0.3) is 0 Å². The lowest BCUT2D eigenvalue weighted by Gasteiger charge is -2.43. The van der Waals surface area contributed by atoms with Gasteiger partial charge in [-0.1, -0.05) is 6.42 Å². The maximum Gasteiger partial charge on any atom is 0.223 e. The number of hydrogen-bond donors (Lipinski definition) is 2. The molecule has 3 N–H and O–H groups in total. The minimum absolute atomic E-state index is 0. The van der Waals surface area contributed by atoms with E-state index in [9.17, 15) is 9.59 Å². The molecule has 2 unspecified atom stereocenters. The Hall–Kier alpha value is -1.46. The molecule has 2 fully saturated rings. The molecule has 138 valence electrons. The van der Waals surface area contributed by atoms with Gasteiger partial charge >= 0.3 is 0 Å². The van der Waals surface area contributed by atoms with E-state index in [-0.39, 0.29) is 36.1 Å². The van der Waals surface area contributed by atoms with Gasteiger partial charge in [-0.2, -0.15) is 0 Å². The van der Waals surface area contributed by atoms with Gasteiger partial charge in [0.1, 0.15) is 0 Å². The summed E-state index contributed by atoms with van der Waals surface area (Å²) in [7, 11) is 0. The summed E-state index contributed by atoms with van der Waals surface area (Å²) in [6.07, 6.45) is 5.41. The molecule has 0 radical (unpaired) electrons. The van der Waals surface area contributed by atoms with Crippen molar-refractivity contribution in [2.24, 2.45) is 23.5 Å². The second-order valence-electron chi connectivity index (χ2n) is 7.41. The molecule has 3 rings (SSSR count). The molecule has 0 aliphatic heterocycles. The SMILES string of the molecule is CC(=O)c1ccc(CNC(=O)C2CC3CCCC(C2)C3N)nc1C.Cl. The van der Waals surface area contributed by atoms with Crippen molar-refractivity contribution >= 4 is 24.1 Å². The second kappa shape index (κ2) is 8.28. The lowest BCUT2D eigenvalue weighted by Crippen LogP contribution is -2.49. The number of nitrogens with two attached hydrogens (primary N) is 1. The van der Waals surface area contributed by atoms with Crippen LogP contribution in [0.5, 0.6) is 0 Å². The van der Waals surface area contributed by atoms with Gasteiger partial charge in [-0.15, -0.1) is 12.4 Å². The molecule has 5 nitrogen and oxygen atoms in total. The molecule has 0 aromatic carbocycles. The first-order chi connectivity index (χ1) is 11.5. The molecule has 1 heterocycles. The zero-order valence-electron chi connectivity index (χ0n) is 15.0. The number of fused-ring (bicyclic) bond motifs is 2. The molecule has 2 saturated carbocycles. The summed E-state index contributed by atoms with van der Waals surface area (Å²) in [6.45, 7) is 3.78. The predicted molar refractivity (Wildman–Crippen MR) is 99.6 cm³/mol. The summed E-state index contributed by atoms with van der Waals surface area (Å²) >= 11 is 0. The highest BCUT2D eigenvalue weighted by Gasteiger charge is 2.40. The minimum Gasteiger partial charge on any atom is -0.350 e. The first kappa shape index (κ1) is 19.9. The molecule has 2 bridgehead atoms. The van der Waals surface area contributed by atoms with Gasteiger partial charge in [0.2, 0.25) is 5.91 Å². The van der Waals surface area contributed by atoms with Crippen molar-refractivity contribution in [1.29, 1.82) is 0 Å². The van der Waals surface area contributed by atoms with Crippen molar-refractivity contribution in [3.05, 3.63) is 29.1 Å². The summed E-state index contributed by atoms with van der Waals surface area (Å²) in [6, 6.07) is 3.89. The molecule has 2 atom stereocenters. The van der Waals surface area contributed by atoms with Gasteiger partial charge in [0.15, 0.2) is 5.78 Å². The van der Waals surface area contributed by atoms with E-state index in [4.69, 9.17) is 5.73 Å². The fraction of sp³-hybridized carbons (Fsp3) is 0.632. The molecule has 2 aliphatic rings. The number of rotatable bonds is 4. The predicted octanol–water partition coefficient (Wildman–Crippen LogP) is 2.78. The van der Waals surface area contributed by atoms with E-state index in [1.54, 1.807) is 6.07 Å². The van der Waals surface area contributed by atoms with E-state index in [0.29, 0.717) is 29.6 Å². The Kier molecular flexibility index (Phi) is 6.58. The Morgan fingerprint density at radius 1 is 1.24 bits per heavy atom. The quantitative estimate of drug-likeness (QED) is 0.803. The van der Waals surface area contributed by atoms with Crippen LogP contribution in [0.4, 0.5) is 0 Å². The number of halogens is 1. The molecular formula is C19H28ClN3O2. The number of pyridine rings is 1. The highest BCUT2D eigenvalue weighted by molar-refractivity contribution is 5.95. The topological polar surface area (TPSA) is 85.1 Å². The molecule has 25 heavy (non-hydrogen) atoms. The summed E-state index contributed by atoms with van der Waals surface area (Å²) in [5, 5.41) is 3.02. The average Bonchev–Trinajstić information content (AvgIpc) is 2.52. The zero-order valence-corrected chi connectivity index (χ0v) is 15.8. The number of hydrogen-bond acceptors (Lipinski definition) is 4. The van der Waals surface area contributed by atoms with Gasteiger partial charge in [-0.05, 0) is 63.5 Å². The van der Waals surface area contributed by atoms with Crippen LogP contribution in [-0.2, 0) is 11.3 Å². The van der Waals surface area contributed by atoms with E-state index in [1.807, 2.05) is 13.0 Å². The lowest BCUT2D eigenvalue weighted by atomic mass is 9.65. The van der Waals surface area contributed by atoms with Gasteiger partial charge in [0, 0.05) is 23.2 Å². The van der Waals surface area contributed by atoms with E-state index in [2.05, 4.69) is 10.3 Å². The fourth-order valence-corrected chi connectivity index (χ4v) is 4.41. The normalized spacial score (nSPS) is 28.0. The number of nitrogens with one attached hydrogen (secondary N) is 1. The van der Waals surface area contributed by atoms with Crippen LogP contribution >= 0.6 is 12.4 Å². The van der Waals surface area contributed by atoms with E-state index < -0.39 is 0 Å². The number of Topliss-reactive ketones (excluding diaryl/α,β-unsaturated/α-hetero) is 1.